The summed E-state index contributed by atoms with van der Waals surface area (Å²) in [4.78, 5) is 0.994. The third kappa shape index (κ3) is 2.88. The van der Waals surface area contributed by atoms with Crippen LogP contribution in [0, 0.1) is 0 Å². The third-order valence-electron chi connectivity index (χ3n) is 2.52. The van der Waals surface area contributed by atoms with Crippen molar-refractivity contribution in [3.63, 3.8) is 0 Å². The molecule has 0 radical (unpaired) electrons. The highest BCUT2D eigenvalue weighted by atomic mass is 79.9. The fourth-order valence-electron chi connectivity index (χ4n) is 1.59. The van der Waals surface area contributed by atoms with Crippen molar-refractivity contribution >= 4 is 33.4 Å². The highest BCUT2D eigenvalue weighted by molar-refractivity contribution is 9.10. The normalized spacial score (nSPS) is 10.8. The van der Waals surface area contributed by atoms with E-state index in [0.717, 1.165) is 10.6 Å². The number of furan rings is 1. The second kappa shape index (κ2) is 5.72. The van der Waals surface area contributed by atoms with E-state index in [-0.39, 0.29) is 0 Å². The largest absolute Gasteiger partial charge is 0.444 e. The van der Waals surface area contributed by atoms with E-state index < -0.39 is 0 Å². The van der Waals surface area contributed by atoms with Crippen LogP contribution in [-0.2, 0) is 5.75 Å². The Balaban J connectivity index is 1.70. The van der Waals surface area contributed by atoms with Crippen molar-refractivity contribution in [1.82, 2.24) is 10.2 Å². The first-order valence-electron chi connectivity index (χ1n) is 5.78. The quantitative estimate of drug-likeness (QED) is 0.566. The number of halogens is 1. The van der Waals surface area contributed by atoms with Gasteiger partial charge in [-0.15, -0.1) is 22.0 Å². The lowest BCUT2D eigenvalue weighted by Crippen LogP contribution is -1.88. The van der Waals surface area contributed by atoms with E-state index >= 15 is 0 Å². The van der Waals surface area contributed by atoms with E-state index in [0.29, 0.717) is 28.0 Å². The summed E-state index contributed by atoms with van der Waals surface area (Å²) in [5.74, 6) is 2.00. The summed E-state index contributed by atoms with van der Waals surface area (Å²) in [6.45, 7) is 0. The van der Waals surface area contributed by atoms with E-state index in [1.165, 1.54) is 0 Å². The number of aromatic nitrogens is 2. The minimum atomic E-state index is 0.368. The number of thioether (sulfide) groups is 1. The van der Waals surface area contributed by atoms with Crippen LogP contribution in [0.4, 0.5) is 5.69 Å². The van der Waals surface area contributed by atoms with Crippen LogP contribution < -0.4 is 5.73 Å². The topological polar surface area (TPSA) is 78.1 Å². The minimum Gasteiger partial charge on any atom is -0.444 e. The maximum absolute atomic E-state index is 5.88. The van der Waals surface area contributed by atoms with Crippen molar-refractivity contribution in [3.8, 4) is 11.7 Å². The molecule has 7 heteroatoms. The van der Waals surface area contributed by atoms with E-state index in [4.69, 9.17) is 14.6 Å². The first-order valence-corrected chi connectivity index (χ1v) is 7.55. The summed E-state index contributed by atoms with van der Waals surface area (Å²) in [5, 5.41) is 7.95. The number of rotatable bonds is 4. The van der Waals surface area contributed by atoms with Crippen molar-refractivity contribution in [2.45, 2.75) is 10.6 Å². The van der Waals surface area contributed by atoms with Gasteiger partial charge in [0.15, 0.2) is 10.4 Å². The Morgan fingerprint density at radius 3 is 2.70 bits per heavy atom. The van der Waals surface area contributed by atoms with Crippen molar-refractivity contribution in [3.05, 3.63) is 47.0 Å². The predicted molar refractivity (Wildman–Crippen MR) is 80.1 cm³/mol. The van der Waals surface area contributed by atoms with Gasteiger partial charge >= 0.3 is 0 Å². The number of para-hydroxylation sites is 1. The molecule has 2 heterocycles. The molecule has 0 bridgehead atoms. The summed E-state index contributed by atoms with van der Waals surface area (Å²) >= 11 is 4.78. The fourth-order valence-corrected chi connectivity index (χ4v) is 2.70. The summed E-state index contributed by atoms with van der Waals surface area (Å²) in [6, 6.07) is 11.2. The SMILES string of the molecule is Nc1ccccc1SCc1nnc(-c2ccc(Br)o2)o1. The van der Waals surface area contributed by atoms with Crippen LogP contribution >= 0.6 is 27.7 Å². The summed E-state index contributed by atoms with van der Waals surface area (Å²) < 4.78 is 11.5. The van der Waals surface area contributed by atoms with Crippen molar-refractivity contribution in [2.24, 2.45) is 0 Å². The van der Waals surface area contributed by atoms with Crippen LogP contribution in [-0.4, -0.2) is 10.2 Å². The molecule has 0 spiro atoms. The molecule has 0 amide bonds. The number of hydrogen-bond acceptors (Lipinski definition) is 6. The highest BCUT2D eigenvalue weighted by Crippen LogP contribution is 2.29. The summed E-state index contributed by atoms with van der Waals surface area (Å²) in [5.41, 5.74) is 6.62. The molecule has 3 rings (SSSR count). The van der Waals surface area contributed by atoms with Crippen LogP contribution in [0.5, 0.6) is 0 Å². The molecule has 2 aromatic heterocycles. The lowest BCUT2D eigenvalue weighted by molar-refractivity contribution is 0.486. The zero-order chi connectivity index (χ0) is 13.9. The molecular formula is C13H10BrN3O2S. The van der Waals surface area contributed by atoms with E-state index in [1.54, 1.807) is 23.9 Å². The summed E-state index contributed by atoms with van der Waals surface area (Å²) in [6.07, 6.45) is 0. The highest BCUT2D eigenvalue weighted by Gasteiger charge is 2.12. The fraction of sp³-hybridized carbons (Fsp3) is 0.0769. The van der Waals surface area contributed by atoms with Gasteiger partial charge in [0, 0.05) is 10.6 Å². The zero-order valence-corrected chi connectivity index (χ0v) is 12.6. The van der Waals surface area contributed by atoms with Gasteiger partial charge in [0.2, 0.25) is 5.89 Å². The van der Waals surface area contributed by atoms with Gasteiger partial charge in [-0.3, -0.25) is 0 Å². The Kier molecular flexibility index (Phi) is 3.79. The number of nitrogen functional groups attached to an aromatic ring is 1. The standard InChI is InChI=1S/C13H10BrN3O2S/c14-11-6-5-9(18-11)13-17-16-12(19-13)7-20-10-4-2-1-3-8(10)15/h1-6H,7,15H2. The number of nitrogens with two attached hydrogens (primary N) is 1. The molecule has 0 saturated heterocycles. The van der Waals surface area contributed by atoms with Crippen molar-refractivity contribution < 1.29 is 8.83 Å². The molecule has 102 valence electrons. The second-order valence-corrected chi connectivity index (χ2v) is 5.73. The monoisotopic (exact) mass is 351 g/mol. The Labute approximate surface area is 127 Å². The maximum atomic E-state index is 5.88. The molecule has 3 aromatic rings. The van der Waals surface area contributed by atoms with Crippen LogP contribution in [0.3, 0.4) is 0 Å². The van der Waals surface area contributed by atoms with Gasteiger partial charge in [-0.25, -0.2) is 0 Å². The van der Waals surface area contributed by atoms with Gasteiger partial charge < -0.3 is 14.6 Å². The molecule has 20 heavy (non-hydrogen) atoms. The van der Waals surface area contributed by atoms with Gasteiger partial charge in [0.25, 0.3) is 5.89 Å². The Bertz CT molecular complexity index is 726. The average Bonchev–Trinajstić information content (AvgIpc) is 3.06. The third-order valence-corrected chi connectivity index (χ3v) is 4.02. The van der Waals surface area contributed by atoms with Gasteiger partial charge in [-0.1, -0.05) is 12.1 Å². The van der Waals surface area contributed by atoms with Gasteiger partial charge in [0.1, 0.15) is 0 Å². The Morgan fingerprint density at radius 1 is 1.10 bits per heavy atom. The number of anilines is 1. The Hall–Kier alpha value is -1.73. The van der Waals surface area contributed by atoms with E-state index in [1.807, 2.05) is 24.3 Å². The van der Waals surface area contributed by atoms with Gasteiger partial charge in [-0.2, -0.15) is 0 Å². The van der Waals surface area contributed by atoms with E-state index in [2.05, 4.69) is 26.1 Å². The minimum absolute atomic E-state index is 0.368. The lowest BCUT2D eigenvalue weighted by Gasteiger charge is -2.01. The van der Waals surface area contributed by atoms with Crippen molar-refractivity contribution in [2.75, 3.05) is 5.73 Å². The maximum Gasteiger partial charge on any atom is 0.283 e. The molecule has 0 saturated carbocycles. The molecule has 0 atom stereocenters. The molecule has 5 nitrogen and oxygen atoms in total. The number of hydrogen-bond donors (Lipinski definition) is 1. The molecule has 0 aliphatic heterocycles. The predicted octanol–water partition coefficient (Wildman–Crippen LogP) is 3.97. The first-order chi connectivity index (χ1) is 9.72. The summed E-state index contributed by atoms with van der Waals surface area (Å²) in [7, 11) is 0. The smallest absolute Gasteiger partial charge is 0.283 e. The molecule has 0 aliphatic rings. The molecule has 0 aliphatic carbocycles. The first kappa shape index (κ1) is 13.3. The van der Waals surface area contributed by atoms with Gasteiger partial charge in [-0.05, 0) is 40.2 Å². The van der Waals surface area contributed by atoms with E-state index in [9.17, 15) is 0 Å². The zero-order valence-electron chi connectivity index (χ0n) is 10.2. The van der Waals surface area contributed by atoms with Crippen LogP contribution in [0.15, 0.2) is 54.8 Å². The van der Waals surface area contributed by atoms with Crippen molar-refractivity contribution in [1.29, 1.82) is 0 Å². The van der Waals surface area contributed by atoms with Gasteiger partial charge in [0.05, 0.1) is 5.75 Å². The van der Waals surface area contributed by atoms with Crippen LogP contribution in [0.25, 0.3) is 11.7 Å². The average molecular weight is 352 g/mol. The molecular weight excluding hydrogens is 342 g/mol. The lowest BCUT2D eigenvalue weighted by atomic mass is 10.3. The molecule has 0 fully saturated rings. The number of benzene rings is 1. The van der Waals surface area contributed by atoms with Crippen LogP contribution in [0.2, 0.25) is 0 Å². The second-order valence-electron chi connectivity index (χ2n) is 3.93. The van der Waals surface area contributed by atoms with Crippen LogP contribution in [0.1, 0.15) is 5.89 Å². The molecule has 1 aromatic carbocycles. The molecule has 2 N–H and O–H groups in total. The Morgan fingerprint density at radius 2 is 1.95 bits per heavy atom. The number of nitrogens with zero attached hydrogens (tertiary/aromatic N) is 2. The molecule has 0 unspecified atom stereocenters.